The van der Waals surface area contributed by atoms with Crippen molar-refractivity contribution in [1.82, 2.24) is 4.98 Å². The third-order valence-corrected chi connectivity index (χ3v) is 4.14. The van der Waals surface area contributed by atoms with E-state index in [1.165, 1.54) is 4.90 Å². The molecule has 0 fully saturated rings. The molecule has 1 aromatic carbocycles. The van der Waals surface area contributed by atoms with Crippen LogP contribution in [0, 0.1) is 0 Å². The molecule has 0 amide bonds. The molecule has 0 aliphatic heterocycles. The van der Waals surface area contributed by atoms with Gasteiger partial charge in [-0.1, -0.05) is 17.7 Å². The fraction of sp³-hybridized carbons (Fsp3) is 0.214. The quantitative estimate of drug-likeness (QED) is 0.832. The van der Waals surface area contributed by atoms with E-state index in [2.05, 4.69) is 4.98 Å². The minimum absolute atomic E-state index is 0.0483. The summed E-state index contributed by atoms with van der Waals surface area (Å²) >= 11 is 7.56. The Balaban J connectivity index is 1.86. The normalized spacial score (nSPS) is 12.3. The Bertz CT molecular complexity index is 530. The van der Waals surface area contributed by atoms with Crippen LogP contribution in [0.25, 0.3) is 0 Å². The molecule has 0 radical (unpaired) electrons. The van der Waals surface area contributed by atoms with Crippen molar-refractivity contribution in [2.24, 2.45) is 5.73 Å². The molecular weight excluding hydrogens is 278 g/mol. The minimum atomic E-state index is 0.0483. The molecule has 0 spiro atoms. The number of hydrogen-bond donors (Lipinski definition) is 2. The van der Waals surface area contributed by atoms with E-state index in [1.54, 1.807) is 18.0 Å². The number of aromatic nitrogens is 1. The summed E-state index contributed by atoms with van der Waals surface area (Å²) < 4.78 is 0. The second kappa shape index (κ2) is 6.80. The number of pyridine rings is 1. The lowest BCUT2D eigenvalue weighted by Crippen LogP contribution is -2.26. The van der Waals surface area contributed by atoms with Gasteiger partial charge in [0.1, 0.15) is 5.82 Å². The lowest BCUT2D eigenvalue weighted by Gasteiger charge is -2.12. The fourth-order valence-corrected chi connectivity index (χ4v) is 2.68. The zero-order valence-electron chi connectivity index (χ0n) is 10.4. The van der Waals surface area contributed by atoms with Crippen LogP contribution in [0.1, 0.15) is 5.56 Å². The Morgan fingerprint density at radius 2 is 1.95 bits per heavy atom. The van der Waals surface area contributed by atoms with Gasteiger partial charge < -0.3 is 11.5 Å². The van der Waals surface area contributed by atoms with Crippen LogP contribution in [-0.2, 0) is 6.42 Å². The van der Waals surface area contributed by atoms with E-state index in [-0.39, 0.29) is 6.04 Å². The largest absolute Gasteiger partial charge is 0.383 e. The van der Waals surface area contributed by atoms with E-state index >= 15 is 0 Å². The molecular formula is C14H16ClN3S. The molecule has 1 heterocycles. The molecule has 4 N–H and O–H groups in total. The zero-order chi connectivity index (χ0) is 13.7. The molecule has 19 heavy (non-hydrogen) atoms. The Kier molecular flexibility index (Phi) is 5.07. The highest BCUT2D eigenvalue weighted by molar-refractivity contribution is 7.99. The third-order valence-electron chi connectivity index (χ3n) is 2.69. The van der Waals surface area contributed by atoms with E-state index in [0.29, 0.717) is 5.82 Å². The van der Waals surface area contributed by atoms with Crippen LogP contribution in [0.2, 0.25) is 5.02 Å². The summed E-state index contributed by atoms with van der Waals surface area (Å²) in [5.74, 6) is 1.39. The van der Waals surface area contributed by atoms with E-state index in [1.807, 2.05) is 36.4 Å². The summed E-state index contributed by atoms with van der Waals surface area (Å²) in [6.07, 6.45) is 2.42. The van der Waals surface area contributed by atoms with Crippen molar-refractivity contribution in [2.75, 3.05) is 11.5 Å². The number of hydrogen-bond acceptors (Lipinski definition) is 4. The van der Waals surface area contributed by atoms with Crippen LogP contribution in [0.5, 0.6) is 0 Å². The van der Waals surface area contributed by atoms with Crippen molar-refractivity contribution in [3.05, 3.63) is 53.2 Å². The number of nitrogens with two attached hydrogens (primary N) is 2. The van der Waals surface area contributed by atoms with E-state index < -0.39 is 0 Å². The monoisotopic (exact) mass is 293 g/mol. The molecule has 0 saturated heterocycles. The van der Waals surface area contributed by atoms with Crippen molar-refractivity contribution < 1.29 is 0 Å². The van der Waals surface area contributed by atoms with Crippen LogP contribution >= 0.6 is 23.4 Å². The summed E-state index contributed by atoms with van der Waals surface area (Å²) in [5, 5.41) is 0.747. The summed E-state index contributed by atoms with van der Waals surface area (Å²) in [4.78, 5) is 5.23. The van der Waals surface area contributed by atoms with Crippen molar-refractivity contribution in [1.29, 1.82) is 0 Å². The first-order valence-electron chi connectivity index (χ1n) is 5.98. The summed E-state index contributed by atoms with van der Waals surface area (Å²) in [6, 6.07) is 11.7. The molecule has 1 atom stereocenters. The zero-order valence-corrected chi connectivity index (χ0v) is 12.0. The number of nitrogens with zero attached hydrogens (tertiary/aromatic N) is 1. The van der Waals surface area contributed by atoms with Gasteiger partial charge in [0.05, 0.1) is 0 Å². The molecule has 1 aromatic heterocycles. The number of anilines is 1. The predicted octanol–water partition coefficient (Wildman–Crippen LogP) is 2.98. The molecule has 0 saturated carbocycles. The van der Waals surface area contributed by atoms with Gasteiger partial charge in [-0.15, -0.1) is 11.8 Å². The average Bonchev–Trinajstić information content (AvgIpc) is 2.41. The van der Waals surface area contributed by atoms with Gasteiger partial charge in [0.25, 0.3) is 0 Å². The number of halogens is 1. The summed E-state index contributed by atoms with van der Waals surface area (Å²) in [7, 11) is 0. The maximum Gasteiger partial charge on any atom is 0.126 e. The van der Waals surface area contributed by atoms with E-state index in [4.69, 9.17) is 23.1 Å². The SMILES string of the molecule is Nc1ncccc1CC(N)CSc1ccc(Cl)cc1. The third kappa shape index (κ3) is 4.42. The Morgan fingerprint density at radius 3 is 2.63 bits per heavy atom. The maximum absolute atomic E-state index is 6.12. The molecule has 2 aromatic rings. The van der Waals surface area contributed by atoms with Gasteiger partial charge in [-0.25, -0.2) is 4.98 Å². The molecule has 100 valence electrons. The van der Waals surface area contributed by atoms with Crippen LogP contribution in [0.15, 0.2) is 47.5 Å². The molecule has 1 unspecified atom stereocenters. The second-order valence-electron chi connectivity index (χ2n) is 4.28. The van der Waals surface area contributed by atoms with Crippen LogP contribution in [0.4, 0.5) is 5.82 Å². The number of rotatable bonds is 5. The number of nitrogen functional groups attached to an aromatic ring is 1. The van der Waals surface area contributed by atoms with Crippen molar-refractivity contribution in [3.63, 3.8) is 0 Å². The van der Waals surface area contributed by atoms with Gasteiger partial charge in [-0.3, -0.25) is 0 Å². The Morgan fingerprint density at radius 1 is 1.21 bits per heavy atom. The van der Waals surface area contributed by atoms with Crippen LogP contribution in [-0.4, -0.2) is 16.8 Å². The van der Waals surface area contributed by atoms with Crippen molar-refractivity contribution in [2.45, 2.75) is 17.4 Å². The van der Waals surface area contributed by atoms with Gasteiger partial charge in [0.2, 0.25) is 0 Å². The first kappa shape index (κ1) is 14.2. The molecule has 0 bridgehead atoms. The smallest absolute Gasteiger partial charge is 0.126 e. The lowest BCUT2D eigenvalue weighted by molar-refractivity contribution is 0.748. The summed E-state index contributed by atoms with van der Waals surface area (Å²) in [6.45, 7) is 0. The molecule has 0 aliphatic carbocycles. The van der Waals surface area contributed by atoms with Gasteiger partial charge in [-0.05, 0) is 42.3 Å². The molecule has 3 nitrogen and oxygen atoms in total. The van der Waals surface area contributed by atoms with Crippen LogP contribution < -0.4 is 11.5 Å². The highest BCUT2D eigenvalue weighted by Crippen LogP contribution is 2.21. The van der Waals surface area contributed by atoms with E-state index in [0.717, 1.165) is 22.8 Å². The first-order chi connectivity index (χ1) is 9.15. The standard InChI is InChI=1S/C14H16ClN3S/c15-11-3-5-13(6-4-11)19-9-12(16)8-10-2-1-7-18-14(10)17/h1-7,12H,8-9,16H2,(H2,17,18). The predicted molar refractivity (Wildman–Crippen MR) is 82.5 cm³/mol. The highest BCUT2D eigenvalue weighted by Gasteiger charge is 2.08. The van der Waals surface area contributed by atoms with E-state index in [9.17, 15) is 0 Å². The van der Waals surface area contributed by atoms with Crippen molar-refractivity contribution >= 4 is 29.2 Å². The van der Waals surface area contributed by atoms with Gasteiger partial charge in [0.15, 0.2) is 0 Å². The Labute approximate surface area is 122 Å². The second-order valence-corrected chi connectivity index (χ2v) is 5.81. The first-order valence-corrected chi connectivity index (χ1v) is 7.35. The van der Waals surface area contributed by atoms with Crippen LogP contribution in [0.3, 0.4) is 0 Å². The number of benzene rings is 1. The Hall–Kier alpha value is -1.23. The molecule has 2 rings (SSSR count). The average molecular weight is 294 g/mol. The highest BCUT2D eigenvalue weighted by atomic mass is 35.5. The van der Waals surface area contributed by atoms with Gasteiger partial charge >= 0.3 is 0 Å². The fourth-order valence-electron chi connectivity index (χ4n) is 1.70. The maximum atomic E-state index is 6.12. The van der Waals surface area contributed by atoms with Crippen molar-refractivity contribution in [3.8, 4) is 0 Å². The van der Waals surface area contributed by atoms with Gasteiger partial charge in [0, 0.05) is 27.9 Å². The lowest BCUT2D eigenvalue weighted by atomic mass is 10.1. The van der Waals surface area contributed by atoms with Gasteiger partial charge in [-0.2, -0.15) is 0 Å². The molecule has 5 heteroatoms. The number of thioether (sulfide) groups is 1. The minimum Gasteiger partial charge on any atom is -0.383 e. The molecule has 0 aliphatic rings. The summed E-state index contributed by atoms with van der Waals surface area (Å²) in [5.41, 5.74) is 12.9. The topological polar surface area (TPSA) is 64.9 Å².